The fourth-order valence-corrected chi connectivity index (χ4v) is 4.07. The van der Waals surface area contributed by atoms with Gasteiger partial charge in [-0.15, -0.1) is 0 Å². The van der Waals surface area contributed by atoms with Gasteiger partial charge in [-0.05, 0) is 35.4 Å². The number of hydrogen-bond donors (Lipinski definition) is 0. The van der Waals surface area contributed by atoms with Gasteiger partial charge in [-0.3, -0.25) is 9.59 Å². The van der Waals surface area contributed by atoms with Crippen molar-refractivity contribution < 1.29 is 18.7 Å². The van der Waals surface area contributed by atoms with E-state index in [0.717, 1.165) is 22.4 Å². The first kappa shape index (κ1) is 20.1. The molecule has 5 nitrogen and oxygen atoms in total. The summed E-state index contributed by atoms with van der Waals surface area (Å²) in [4.78, 5) is 28.9. The molecule has 0 saturated carbocycles. The summed E-state index contributed by atoms with van der Waals surface area (Å²) < 4.78 is 19.0. The van der Waals surface area contributed by atoms with Gasteiger partial charge in [0, 0.05) is 61.9 Å². The van der Waals surface area contributed by atoms with Crippen LogP contribution in [-0.2, 0) is 11.2 Å². The van der Waals surface area contributed by atoms with Gasteiger partial charge in [0.05, 0.1) is 7.11 Å². The second-order valence-corrected chi connectivity index (χ2v) is 7.63. The van der Waals surface area contributed by atoms with Gasteiger partial charge in [0.25, 0.3) is 0 Å². The summed E-state index contributed by atoms with van der Waals surface area (Å²) in [6.45, 7) is 4.31. The Morgan fingerprint density at radius 2 is 1.83 bits per heavy atom. The van der Waals surface area contributed by atoms with E-state index in [1.807, 2.05) is 42.2 Å². The lowest BCUT2D eigenvalue weighted by molar-refractivity contribution is -0.127. The lowest BCUT2D eigenvalue weighted by atomic mass is 10.0. The van der Waals surface area contributed by atoms with Gasteiger partial charge < -0.3 is 14.5 Å². The van der Waals surface area contributed by atoms with Crippen molar-refractivity contribution in [2.75, 3.05) is 38.2 Å². The second kappa shape index (κ2) is 8.30. The van der Waals surface area contributed by atoms with E-state index in [-0.39, 0.29) is 23.3 Å². The number of piperazine rings is 1. The van der Waals surface area contributed by atoms with Gasteiger partial charge in [-0.1, -0.05) is 19.1 Å². The molecule has 0 bridgehead atoms. The summed E-state index contributed by atoms with van der Waals surface area (Å²) in [6, 6.07) is 10.6. The Labute approximate surface area is 175 Å². The molecule has 6 heteroatoms. The van der Waals surface area contributed by atoms with Crippen LogP contribution in [-0.4, -0.2) is 49.9 Å². The van der Waals surface area contributed by atoms with E-state index in [1.165, 1.54) is 13.2 Å². The molecule has 1 saturated heterocycles. The van der Waals surface area contributed by atoms with E-state index in [1.54, 1.807) is 6.07 Å². The molecule has 156 valence electrons. The molecule has 2 aliphatic rings. The smallest absolute Gasteiger partial charge is 0.250 e. The Morgan fingerprint density at radius 3 is 2.50 bits per heavy atom. The fraction of sp³-hybridized carbons (Fsp3) is 0.333. The number of benzene rings is 2. The molecule has 1 aliphatic carbocycles. The van der Waals surface area contributed by atoms with Crippen molar-refractivity contribution in [1.82, 2.24) is 4.90 Å². The molecule has 4 rings (SSSR count). The third-order valence-corrected chi connectivity index (χ3v) is 5.84. The van der Waals surface area contributed by atoms with Crippen LogP contribution in [0.1, 0.15) is 34.8 Å². The minimum Gasteiger partial charge on any atom is -0.494 e. The zero-order chi connectivity index (χ0) is 21.3. The Balaban J connectivity index is 1.41. The van der Waals surface area contributed by atoms with Gasteiger partial charge >= 0.3 is 0 Å². The normalized spacial score (nSPS) is 15.6. The Kier molecular flexibility index (Phi) is 5.57. The highest BCUT2D eigenvalue weighted by atomic mass is 19.1. The topological polar surface area (TPSA) is 49.9 Å². The lowest BCUT2D eigenvalue weighted by Gasteiger charge is -2.36. The number of carbonyl (C=O) groups excluding carboxylic acids is 2. The summed E-state index contributed by atoms with van der Waals surface area (Å²) in [5, 5.41) is 0. The van der Waals surface area contributed by atoms with Crippen LogP contribution in [0.5, 0.6) is 5.75 Å². The third-order valence-electron chi connectivity index (χ3n) is 5.84. The molecule has 1 fully saturated rings. The van der Waals surface area contributed by atoms with Crippen LogP contribution in [0.4, 0.5) is 10.1 Å². The van der Waals surface area contributed by atoms with Crippen LogP contribution in [0.2, 0.25) is 0 Å². The number of amides is 1. The summed E-state index contributed by atoms with van der Waals surface area (Å²) >= 11 is 0. The number of ketones is 1. The first-order valence-electron chi connectivity index (χ1n) is 10.2. The van der Waals surface area contributed by atoms with Crippen LogP contribution in [0.3, 0.4) is 0 Å². The highest BCUT2D eigenvalue weighted by Crippen LogP contribution is 2.29. The molecule has 2 aromatic carbocycles. The highest BCUT2D eigenvalue weighted by Gasteiger charge is 2.27. The molecular formula is C24H25FN2O3. The molecule has 1 aliphatic heterocycles. The molecule has 0 N–H and O–H groups in total. The van der Waals surface area contributed by atoms with E-state index >= 15 is 0 Å². The molecule has 0 spiro atoms. The number of rotatable bonds is 5. The minimum absolute atomic E-state index is 0.0372. The average Bonchev–Trinajstić information content (AvgIpc) is 3.21. The highest BCUT2D eigenvalue weighted by molar-refractivity contribution is 6.02. The summed E-state index contributed by atoms with van der Waals surface area (Å²) in [5.74, 6) is -0.0143. The van der Waals surface area contributed by atoms with Crippen molar-refractivity contribution in [1.29, 1.82) is 0 Å². The average molecular weight is 408 g/mol. The van der Waals surface area contributed by atoms with Crippen molar-refractivity contribution in [3.05, 3.63) is 64.5 Å². The van der Waals surface area contributed by atoms with E-state index in [2.05, 4.69) is 4.90 Å². The number of carbonyl (C=O) groups is 2. The number of ether oxygens (including phenoxy) is 1. The predicted molar refractivity (Wildman–Crippen MR) is 114 cm³/mol. The number of halogens is 1. The monoisotopic (exact) mass is 408 g/mol. The van der Waals surface area contributed by atoms with Crippen LogP contribution >= 0.6 is 0 Å². The van der Waals surface area contributed by atoms with Crippen LogP contribution < -0.4 is 9.64 Å². The lowest BCUT2D eigenvalue weighted by Crippen LogP contribution is -2.49. The number of nitrogens with zero attached hydrogens (tertiary/aromatic N) is 2. The summed E-state index contributed by atoms with van der Waals surface area (Å²) in [6.07, 6.45) is 2.98. The summed E-state index contributed by atoms with van der Waals surface area (Å²) in [7, 11) is 1.45. The minimum atomic E-state index is -0.386. The Bertz CT molecular complexity index is 1020. The van der Waals surface area contributed by atoms with Gasteiger partial charge in [0.15, 0.2) is 17.3 Å². The fourth-order valence-electron chi connectivity index (χ4n) is 4.07. The van der Waals surface area contributed by atoms with Crippen LogP contribution in [0.15, 0.2) is 42.0 Å². The van der Waals surface area contributed by atoms with Gasteiger partial charge in [-0.25, -0.2) is 4.39 Å². The van der Waals surface area contributed by atoms with Gasteiger partial charge in [0.2, 0.25) is 5.91 Å². The second-order valence-electron chi connectivity index (χ2n) is 7.63. The predicted octanol–water partition coefficient (Wildman–Crippen LogP) is 3.72. The first-order chi connectivity index (χ1) is 14.5. The first-order valence-corrected chi connectivity index (χ1v) is 10.2. The maximum absolute atomic E-state index is 14.0. The SMILES string of the molecule is CCC(=O)c1ccc2c(c1)C=C(C(=O)N1CCN(c3ccc(OC)c(F)c3)CC1)C2. The molecule has 0 atom stereocenters. The Morgan fingerprint density at radius 1 is 1.07 bits per heavy atom. The zero-order valence-corrected chi connectivity index (χ0v) is 17.3. The molecule has 0 radical (unpaired) electrons. The molecular weight excluding hydrogens is 383 g/mol. The number of anilines is 1. The molecule has 2 aromatic rings. The summed E-state index contributed by atoms with van der Waals surface area (Å²) in [5.41, 5.74) is 4.29. The maximum atomic E-state index is 14.0. The number of methoxy groups -OCH3 is 1. The van der Waals surface area contributed by atoms with Crippen molar-refractivity contribution >= 4 is 23.5 Å². The standard InChI is InChI=1S/C24H25FN2O3/c1-3-22(28)17-5-4-16-12-19(14-18(16)13-17)24(29)27-10-8-26(9-11-27)20-6-7-23(30-2)21(25)15-20/h4-7,13-15H,3,8-12H2,1-2H3. The number of fused-ring (bicyclic) bond motifs is 1. The van der Waals surface area contributed by atoms with Crippen molar-refractivity contribution in [2.24, 2.45) is 0 Å². The maximum Gasteiger partial charge on any atom is 0.250 e. The quantitative estimate of drug-likeness (QED) is 0.708. The van der Waals surface area contributed by atoms with Crippen molar-refractivity contribution in [3.63, 3.8) is 0 Å². The molecule has 1 amide bonds. The van der Waals surface area contributed by atoms with Crippen LogP contribution in [0.25, 0.3) is 6.08 Å². The largest absolute Gasteiger partial charge is 0.494 e. The van der Waals surface area contributed by atoms with Crippen LogP contribution in [0, 0.1) is 5.82 Å². The molecule has 0 aromatic heterocycles. The van der Waals surface area contributed by atoms with E-state index in [4.69, 9.17) is 4.74 Å². The van der Waals surface area contributed by atoms with Gasteiger partial charge in [0.1, 0.15) is 0 Å². The number of hydrogen-bond acceptors (Lipinski definition) is 4. The zero-order valence-electron chi connectivity index (χ0n) is 17.3. The third kappa shape index (κ3) is 3.82. The molecule has 30 heavy (non-hydrogen) atoms. The van der Waals surface area contributed by atoms with Crippen molar-refractivity contribution in [2.45, 2.75) is 19.8 Å². The number of Topliss-reactive ketones (excluding diaryl/α,β-unsaturated/α-hetero) is 1. The van der Waals surface area contributed by atoms with E-state index < -0.39 is 0 Å². The Hall–Kier alpha value is -3.15. The molecule has 0 unspecified atom stereocenters. The van der Waals surface area contributed by atoms with Gasteiger partial charge in [-0.2, -0.15) is 0 Å². The van der Waals surface area contributed by atoms with Crippen molar-refractivity contribution in [3.8, 4) is 5.75 Å². The van der Waals surface area contributed by atoms with E-state index in [9.17, 15) is 14.0 Å². The molecule has 1 heterocycles. The van der Waals surface area contributed by atoms with E-state index in [0.29, 0.717) is 44.6 Å².